The average Bonchev–Trinajstić information content (AvgIpc) is 3.16. The molecule has 0 spiro atoms. The maximum atomic E-state index is 12.7. The quantitative estimate of drug-likeness (QED) is 0.595. The van der Waals surface area contributed by atoms with Gasteiger partial charge in [0.25, 0.3) is 0 Å². The molecular weight excluding hydrogens is 426 g/mol. The molecule has 2 aromatic carbocycles. The summed E-state index contributed by atoms with van der Waals surface area (Å²) in [5.41, 5.74) is 3.10. The van der Waals surface area contributed by atoms with Crippen molar-refractivity contribution in [1.29, 1.82) is 0 Å². The van der Waals surface area contributed by atoms with Gasteiger partial charge >= 0.3 is 0 Å². The Kier molecular flexibility index (Phi) is 5.04. The Morgan fingerprint density at radius 1 is 0.963 bits per heavy atom. The van der Waals surface area contributed by atoms with Crippen LogP contribution in [0, 0.1) is 0 Å². The number of hydrogen-bond acceptors (Lipinski definition) is 3. The van der Waals surface area contributed by atoms with Gasteiger partial charge in [0.2, 0.25) is 10.0 Å². The van der Waals surface area contributed by atoms with E-state index < -0.39 is 10.0 Å². The second-order valence-electron chi connectivity index (χ2n) is 6.41. The third-order valence-electron chi connectivity index (χ3n) is 4.58. The van der Waals surface area contributed by atoms with Crippen LogP contribution >= 0.6 is 15.9 Å². The maximum absolute atomic E-state index is 12.7. The molecule has 0 fully saturated rings. The van der Waals surface area contributed by atoms with Gasteiger partial charge in [0, 0.05) is 10.0 Å². The van der Waals surface area contributed by atoms with Gasteiger partial charge in [-0.25, -0.2) is 13.1 Å². The number of furan rings is 1. The normalized spacial score (nSPS) is 13.9. The SMILES string of the molecule is O=S(=O)(NCc1ccc(-c2ccc(Br)cc2)o1)C1=Cc2ccccc2CC1. The van der Waals surface area contributed by atoms with Crippen LogP contribution < -0.4 is 4.72 Å². The van der Waals surface area contributed by atoms with E-state index in [-0.39, 0.29) is 6.54 Å². The van der Waals surface area contributed by atoms with Crippen molar-refractivity contribution in [3.63, 3.8) is 0 Å². The number of fused-ring (bicyclic) bond motifs is 1. The minimum atomic E-state index is -3.54. The van der Waals surface area contributed by atoms with Crippen LogP contribution in [0.2, 0.25) is 0 Å². The molecule has 27 heavy (non-hydrogen) atoms. The summed E-state index contributed by atoms with van der Waals surface area (Å²) >= 11 is 3.41. The summed E-state index contributed by atoms with van der Waals surface area (Å²) < 4.78 is 34.7. The first-order chi connectivity index (χ1) is 13.0. The summed E-state index contributed by atoms with van der Waals surface area (Å²) in [4.78, 5) is 0.417. The van der Waals surface area contributed by atoms with Crippen molar-refractivity contribution in [2.75, 3.05) is 0 Å². The van der Waals surface area contributed by atoms with Crippen molar-refractivity contribution >= 4 is 32.0 Å². The van der Waals surface area contributed by atoms with E-state index in [1.54, 1.807) is 12.1 Å². The van der Waals surface area contributed by atoms with E-state index in [2.05, 4.69) is 20.7 Å². The van der Waals surface area contributed by atoms with Crippen molar-refractivity contribution < 1.29 is 12.8 Å². The molecular formula is C21H18BrNO3S. The lowest BCUT2D eigenvalue weighted by atomic mass is 9.98. The summed E-state index contributed by atoms with van der Waals surface area (Å²) in [6.45, 7) is 0.123. The fourth-order valence-electron chi connectivity index (χ4n) is 3.12. The molecule has 1 aromatic heterocycles. The average molecular weight is 444 g/mol. The first-order valence-corrected chi connectivity index (χ1v) is 10.9. The van der Waals surface area contributed by atoms with E-state index in [0.717, 1.165) is 22.0 Å². The highest BCUT2D eigenvalue weighted by molar-refractivity contribution is 9.10. The molecule has 4 nitrogen and oxygen atoms in total. The van der Waals surface area contributed by atoms with E-state index in [1.165, 1.54) is 5.56 Å². The van der Waals surface area contributed by atoms with Crippen LogP contribution in [-0.4, -0.2) is 8.42 Å². The summed E-state index contributed by atoms with van der Waals surface area (Å²) in [5, 5.41) is 0. The van der Waals surface area contributed by atoms with E-state index in [0.29, 0.717) is 22.8 Å². The van der Waals surface area contributed by atoms with Crippen LogP contribution in [0.15, 0.2) is 74.5 Å². The Balaban J connectivity index is 1.47. The Bertz CT molecular complexity index is 1100. The van der Waals surface area contributed by atoms with E-state index in [4.69, 9.17) is 4.42 Å². The molecule has 1 N–H and O–H groups in total. The number of hydrogen-bond donors (Lipinski definition) is 1. The number of nitrogens with one attached hydrogen (secondary N) is 1. The van der Waals surface area contributed by atoms with Crippen LogP contribution in [0.25, 0.3) is 17.4 Å². The Morgan fingerprint density at radius 2 is 1.74 bits per heavy atom. The number of halogens is 1. The summed E-state index contributed by atoms with van der Waals surface area (Å²) in [5.74, 6) is 1.29. The molecule has 6 heteroatoms. The second-order valence-corrected chi connectivity index (χ2v) is 9.14. The second kappa shape index (κ2) is 7.46. The third-order valence-corrected chi connectivity index (χ3v) is 6.65. The highest BCUT2D eigenvalue weighted by atomic mass is 79.9. The van der Waals surface area contributed by atoms with Crippen LogP contribution in [0.4, 0.5) is 0 Å². The largest absolute Gasteiger partial charge is 0.460 e. The lowest BCUT2D eigenvalue weighted by molar-refractivity contribution is 0.510. The number of aryl methyl sites for hydroxylation is 1. The van der Waals surface area contributed by atoms with Gasteiger partial charge in [-0.1, -0.05) is 52.3 Å². The highest BCUT2D eigenvalue weighted by Crippen LogP contribution is 2.27. The van der Waals surface area contributed by atoms with Gasteiger partial charge in [-0.05, 0) is 54.3 Å². The van der Waals surface area contributed by atoms with Crippen LogP contribution in [0.5, 0.6) is 0 Å². The van der Waals surface area contributed by atoms with Gasteiger partial charge in [-0.15, -0.1) is 0 Å². The molecule has 0 aliphatic heterocycles. The number of sulfonamides is 1. The van der Waals surface area contributed by atoms with Crippen molar-refractivity contribution in [3.8, 4) is 11.3 Å². The molecule has 3 aromatic rings. The first kappa shape index (κ1) is 18.2. The monoisotopic (exact) mass is 443 g/mol. The van der Waals surface area contributed by atoms with E-state index in [9.17, 15) is 8.42 Å². The molecule has 0 amide bonds. The first-order valence-electron chi connectivity index (χ1n) is 8.64. The number of allylic oxidation sites excluding steroid dienone is 1. The fraction of sp³-hybridized carbons (Fsp3) is 0.143. The Morgan fingerprint density at radius 3 is 2.56 bits per heavy atom. The van der Waals surface area contributed by atoms with Crippen LogP contribution in [0.3, 0.4) is 0 Å². The summed E-state index contributed by atoms with van der Waals surface area (Å²) in [7, 11) is -3.54. The van der Waals surface area contributed by atoms with Crippen LogP contribution in [0.1, 0.15) is 23.3 Å². The van der Waals surface area contributed by atoms with Crippen molar-refractivity contribution in [3.05, 3.63) is 86.9 Å². The Hall–Kier alpha value is -2.15. The van der Waals surface area contributed by atoms with Gasteiger partial charge in [-0.3, -0.25) is 0 Å². The zero-order valence-electron chi connectivity index (χ0n) is 14.5. The maximum Gasteiger partial charge on any atom is 0.237 e. The molecule has 0 saturated carbocycles. The molecule has 1 heterocycles. The standard InChI is InChI=1S/C21H18BrNO3S/c22-18-8-5-16(6-9-18)21-12-10-19(26-21)14-23-27(24,25)20-11-7-15-3-1-2-4-17(15)13-20/h1-6,8-10,12-13,23H,7,11,14H2. The molecule has 0 radical (unpaired) electrons. The molecule has 0 atom stereocenters. The molecule has 138 valence electrons. The smallest absolute Gasteiger partial charge is 0.237 e. The minimum absolute atomic E-state index is 0.123. The molecule has 0 unspecified atom stereocenters. The van der Waals surface area contributed by atoms with Gasteiger partial charge in [0.05, 0.1) is 11.4 Å². The van der Waals surface area contributed by atoms with Gasteiger partial charge in [0.1, 0.15) is 11.5 Å². The zero-order chi connectivity index (χ0) is 18.9. The lowest BCUT2D eigenvalue weighted by Crippen LogP contribution is -2.25. The van der Waals surface area contributed by atoms with Crippen molar-refractivity contribution in [2.24, 2.45) is 0 Å². The van der Waals surface area contributed by atoms with Gasteiger partial charge < -0.3 is 4.42 Å². The van der Waals surface area contributed by atoms with E-state index >= 15 is 0 Å². The Labute approximate surface area is 167 Å². The van der Waals surface area contributed by atoms with Gasteiger partial charge in [0.15, 0.2) is 0 Å². The number of rotatable bonds is 5. The fourth-order valence-corrected chi connectivity index (χ4v) is 4.55. The van der Waals surface area contributed by atoms with Crippen LogP contribution in [-0.2, 0) is 23.0 Å². The van der Waals surface area contributed by atoms with E-state index in [1.807, 2.05) is 54.6 Å². The lowest BCUT2D eigenvalue weighted by Gasteiger charge is -2.16. The van der Waals surface area contributed by atoms with Crippen molar-refractivity contribution in [2.45, 2.75) is 19.4 Å². The summed E-state index contributed by atoms with van der Waals surface area (Å²) in [6.07, 6.45) is 3.00. The molecule has 1 aliphatic rings. The number of benzene rings is 2. The topological polar surface area (TPSA) is 59.3 Å². The van der Waals surface area contributed by atoms with Crippen molar-refractivity contribution in [1.82, 2.24) is 4.72 Å². The molecule has 0 bridgehead atoms. The molecule has 4 rings (SSSR count). The summed E-state index contributed by atoms with van der Waals surface area (Å²) in [6, 6.07) is 19.3. The zero-order valence-corrected chi connectivity index (χ0v) is 16.9. The molecule has 1 aliphatic carbocycles. The predicted molar refractivity (Wildman–Crippen MR) is 110 cm³/mol. The predicted octanol–water partition coefficient (Wildman–Crippen LogP) is 5.12. The highest BCUT2D eigenvalue weighted by Gasteiger charge is 2.21. The minimum Gasteiger partial charge on any atom is -0.460 e. The molecule has 0 saturated heterocycles. The third kappa shape index (κ3) is 4.08. The van der Waals surface area contributed by atoms with Gasteiger partial charge in [-0.2, -0.15) is 0 Å².